The minimum Gasteiger partial charge on any atom is -0.479 e. The third-order valence-corrected chi connectivity index (χ3v) is 12.0. The van der Waals surface area contributed by atoms with Gasteiger partial charge in [0, 0.05) is 19.3 Å². The molecule has 0 radical (unpaired) electrons. The van der Waals surface area contributed by atoms with Crippen LogP contribution in [0.5, 0.6) is 0 Å². The molecular formula is C53H94O12. The van der Waals surface area contributed by atoms with Crippen molar-refractivity contribution in [2.75, 3.05) is 13.2 Å². The zero-order chi connectivity index (χ0) is 47.6. The van der Waals surface area contributed by atoms with Crippen molar-refractivity contribution in [1.29, 1.82) is 0 Å². The van der Waals surface area contributed by atoms with Crippen LogP contribution in [0.2, 0.25) is 0 Å². The van der Waals surface area contributed by atoms with E-state index in [1.165, 1.54) is 89.9 Å². The summed E-state index contributed by atoms with van der Waals surface area (Å²) in [6.07, 6.45) is 33.1. The molecular weight excluding hydrogens is 829 g/mol. The molecule has 0 aliphatic carbocycles. The van der Waals surface area contributed by atoms with Crippen molar-refractivity contribution in [2.45, 2.75) is 276 Å². The molecule has 12 heteroatoms. The number of hydrogen-bond acceptors (Lipinski definition) is 11. The van der Waals surface area contributed by atoms with Crippen molar-refractivity contribution < 1.29 is 58.2 Å². The van der Waals surface area contributed by atoms with Crippen LogP contribution >= 0.6 is 0 Å². The Morgan fingerprint density at radius 3 is 1.45 bits per heavy atom. The van der Waals surface area contributed by atoms with Crippen molar-refractivity contribution in [2.24, 2.45) is 0 Å². The fraction of sp³-hybridized carbons (Fsp3) is 0.849. The number of ether oxygens (including phenoxy) is 5. The van der Waals surface area contributed by atoms with E-state index < -0.39 is 67.3 Å². The molecule has 1 rings (SSSR count). The van der Waals surface area contributed by atoms with Crippen LogP contribution < -0.4 is 0 Å². The quantitative estimate of drug-likeness (QED) is 0.0229. The van der Waals surface area contributed by atoms with Gasteiger partial charge in [0.25, 0.3) is 0 Å². The van der Waals surface area contributed by atoms with Crippen LogP contribution in [-0.4, -0.2) is 89.2 Å². The number of allylic oxidation sites excluding steroid dienone is 4. The minimum absolute atomic E-state index is 0.0484. The topological polar surface area (TPSA) is 175 Å². The van der Waals surface area contributed by atoms with Gasteiger partial charge >= 0.3 is 23.9 Å². The number of carboxylic acids is 1. The Hall–Kier alpha value is -2.80. The molecule has 0 saturated carbocycles. The molecule has 0 bridgehead atoms. The maximum Gasteiger partial charge on any atom is 0.335 e. The summed E-state index contributed by atoms with van der Waals surface area (Å²) < 4.78 is 28.3. The van der Waals surface area contributed by atoms with Crippen LogP contribution in [0.25, 0.3) is 0 Å². The number of aliphatic hydroxyl groups is 2. The number of aliphatic carboxylic acids is 1. The monoisotopic (exact) mass is 923 g/mol. The summed E-state index contributed by atoms with van der Waals surface area (Å²) >= 11 is 0. The molecule has 65 heavy (non-hydrogen) atoms. The van der Waals surface area contributed by atoms with Gasteiger partial charge in [0.15, 0.2) is 24.6 Å². The van der Waals surface area contributed by atoms with Gasteiger partial charge in [0.05, 0.1) is 6.61 Å². The van der Waals surface area contributed by atoms with E-state index in [2.05, 4.69) is 45.1 Å². The number of carboxylic acid groups (broad SMARTS) is 1. The second kappa shape index (κ2) is 42.5. The van der Waals surface area contributed by atoms with Crippen LogP contribution in [0.4, 0.5) is 0 Å². The SMILES string of the molecule is CCC/C=C\C/C=C\CCCCCCCC(=O)OC1C(OCC(COC(=O)CCCCCCCCCCCCC)OC(=O)CCCCCCCCCCCCC)OC(C(=O)O)C(O)C1O. The van der Waals surface area contributed by atoms with Crippen molar-refractivity contribution in [3.05, 3.63) is 24.3 Å². The fourth-order valence-corrected chi connectivity index (χ4v) is 7.93. The molecule has 0 spiro atoms. The third kappa shape index (κ3) is 33.3. The number of rotatable bonds is 44. The Balaban J connectivity index is 2.73. The first-order valence-corrected chi connectivity index (χ1v) is 26.3. The van der Waals surface area contributed by atoms with Crippen molar-refractivity contribution in [1.82, 2.24) is 0 Å². The molecule has 0 amide bonds. The molecule has 1 aliphatic rings. The lowest BCUT2D eigenvalue weighted by Gasteiger charge is -2.40. The number of aliphatic hydroxyl groups excluding tert-OH is 2. The predicted octanol–water partition coefficient (Wildman–Crippen LogP) is 12.3. The highest BCUT2D eigenvalue weighted by Crippen LogP contribution is 2.26. The first-order chi connectivity index (χ1) is 31.6. The molecule has 1 saturated heterocycles. The molecule has 1 aliphatic heterocycles. The van der Waals surface area contributed by atoms with Crippen LogP contribution in [0.3, 0.4) is 0 Å². The van der Waals surface area contributed by atoms with E-state index in [1.54, 1.807) is 0 Å². The smallest absolute Gasteiger partial charge is 0.335 e. The standard InChI is InChI=1S/C53H94O12/c1-4-7-10-13-16-19-22-23-26-29-32-35-38-41-47(56)64-51-49(58)48(57)50(52(59)60)65-53(51)62-43-44(63-46(55)40-37-34-31-28-25-21-18-15-12-9-6-3)42-61-45(54)39-36-33-30-27-24-20-17-14-11-8-5-2/h10,13,19,22,44,48-51,53,57-58H,4-9,11-12,14-18,20-21,23-43H2,1-3H3,(H,59,60)/b13-10-,22-19-. The van der Waals surface area contributed by atoms with Crippen molar-refractivity contribution in [3.8, 4) is 0 Å². The van der Waals surface area contributed by atoms with Gasteiger partial charge in [-0.15, -0.1) is 0 Å². The van der Waals surface area contributed by atoms with Gasteiger partial charge in [0.2, 0.25) is 0 Å². The molecule has 3 N–H and O–H groups in total. The van der Waals surface area contributed by atoms with E-state index >= 15 is 0 Å². The molecule has 12 nitrogen and oxygen atoms in total. The van der Waals surface area contributed by atoms with Gasteiger partial charge in [-0.05, 0) is 44.9 Å². The Labute approximate surface area is 394 Å². The molecule has 1 fully saturated rings. The van der Waals surface area contributed by atoms with E-state index in [-0.39, 0.29) is 25.9 Å². The van der Waals surface area contributed by atoms with Crippen LogP contribution in [0.15, 0.2) is 24.3 Å². The number of esters is 3. The molecule has 0 aromatic rings. The van der Waals surface area contributed by atoms with E-state index in [1.807, 2.05) is 0 Å². The van der Waals surface area contributed by atoms with Crippen molar-refractivity contribution >= 4 is 23.9 Å². The number of unbranched alkanes of at least 4 members (excludes halogenated alkanes) is 26. The average Bonchev–Trinajstić information content (AvgIpc) is 3.29. The highest BCUT2D eigenvalue weighted by Gasteiger charge is 2.50. The maximum atomic E-state index is 13.0. The largest absolute Gasteiger partial charge is 0.479 e. The van der Waals surface area contributed by atoms with E-state index in [0.29, 0.717) is 19.3 Å². The van der Waals surface area contributed by atoms with Gasteiger partial charge in [-0.2, -0.15) is 0 Å². The number of carbonyl (C=O) groups excluding carboxylic acids is 3. The molecule has 6 unspecified atom stereocenters. The van der Waals surface area contributed by atoms with E-state index in [0.717, 1.165) is 89.9 Å². The van der Waals surface area contributed by atoms with Gasteiger partial charge in [0.1, 0.15) is 18.8 Å². The van der Waals surface area contributed by atoms with E-state index in [4.69, 9.17) is 23.7 Å². The lowest BCUT2D eigenvalue weighted by atomic mass is 9.98. The third-order valence-electron chi connectivity index (χ3n) is 12.0. The first kappa shape index (κ1) is 60.2. The highest BCUT2D eigenvalue weighted by molar-refractivity contribution is 5.74. The number of carbonyl (C=O) groups is 4. The normalized spacial score (nSPS) is 19.2. The predicted molar refractivity (Wildman–Crippen MR) is 257 cm³/mol. The minimum atomic E-state index is -1.90. The highest BCUT2D eigenvalue weighted by atomic mass is 16.7. The average molecular weight is 923 g/mol. The van der Waals surface area contributed by atoms with Crippen LogP contribution in [-0.2, 0) is 42.9 Å². The summed E-state index contributed by atoms with van der Waals surface area (Å²) in [4.78, 5) is 50.7. The van der Waals surface area contributed by atoms with Gasteiger partial charge in [-0.3, -0.25) is 14.4 Å². The second-order valence-electron chi connectivity index (χ2n) is 18.2. The first-order valence-electron chi connectivity index (χ1n) is 26.3. The Morgan fingerprint density at radius 1 is 0.508 bits per heavy atom. The summed E-state index contributed by atoms with van der Waals surface area (Å²) in [5.41, 5.74) is 0. The van der Waals surface area contributed by atoms with Crippen LogP contribution in [0, 0.1) is 0 Å². The molecule has 1 heterocycles. The summed E-state index contributed by atoms with van der Waals surface area (Å²) in [7, 11) is 0. The summed E-state index contributed by atoms with van der Waals surface area (Å²) in [5, 5.41) is 31.3. The van der Waals surface area contributed by atoms with Gasteiger partial charge in [-0.25, -0.2) is 4.79 Å². The van der Waals surface area contributed by atoms with E-state index in [9.17, 15) is 34.5 Å². The second-order valence-corrected chi connectivity index (χ2v) is 18.2. The fourth-order valence-electron chi connectivity index (χ4n) is 7.93. The summed E-state index contributed by atoms with van der Waals surface area (Å²) in [6, 6.07) is 0. The Morgan fingerprint density at radius 2 is 0.954 bits per heavy atom. The zero-order valence-corrected chi connectivity index (χ0v) is 41.2. The Bertz CT molecular complexity index is 1240. The van der Waals surface area contributed by atoms with Gasteiger partial charge in [-0.1, -0.05) is 199 Å². The summed E-state index contributed by atoms with van der Waals surface area (Å²) in [6.45, 7) is 5.89. The molecule has 0 aromatic carbocycles. The summed E-state index contributed by atoms with van der Waals surface area (Å²) in [5.74, 6) is -3.12. The number of hydrogen-bond donors (Lipinski definition) is 3. The molecule has 0 aromatic heterocycles. The van der Waals surface area contributed by atoms with Gasteiger partial charge < -0.3 is 39.0 Å². The van der Waals surface area contributed by atoms with Crippen LogP contribution in [0.1, 0.15) is 239 Å². The zero-order valence-electron chi connectivity index (χ0n) is 41.2. The lowest BCUT2D eigenvalue weighted by Crippen LogP contribution is -2.61. The van der Waals surface area contributed by atoms with Crippen molar-refractivity contribution in [3.63, 3.8) is 0 Å². The maximum absolute atomic E-state index is 13.0. The Kier molecular flexibility index (Phi) is 39.4. The molecule has 6 atom stereocenters. The lowest BCUT2D eigenvalue weighted by molar-refractivity contribution is -0.301. The molecule has 378 valence electrons.